The van der Waals surface area contributed by atoms with E-state index in [1.54, 1.807) is 4.90 Å². The minimum Gasteiger partial charge on any atom is -0.393 e. The molecule has 0 aromatic rings. The fraction of sp³-hybridized carbons (Fsp3) is 0.786. The van der Waals surface area contributed by atoms with Crippen molar-refractivity contribution in [2.45, 2.75) is 38.2 Å². The van der Waals surface area contributed by atoms with E-state index in [1.807, 2.05) is 0 Å². The highest BCUT2D eigenvalue weighted by Gasteiger charge is 2.43. The summed E-state index contributed by atoms with van der Waals surface area (Å²) in [5.41, 5.74) is 0. The Morgan fingerprint density at radius 2 is 1.85 bits per heavy atom. The molecule has 3 aliphatic rings. The highest BCUT2D eigenvalue weighted by Crippen LogP contribution is 2.38. The molecule has 2 saturated heterocycles. The van der Waals surface area contributed by atoms with Crippen LogP contribution in [0, 0.1) is 11.8 Å². The van der Waals surface area contributed by atoms with Gasteiger partial charge in [0.05, 0.1) is 6.10 Å². The lowest BCUT2D eigenvalue weighted by molar-refractivity contribution is -0.139. The van der Waals surface area contributed by atoms with Crippen LogP contribution in [0.4, 0.5) is 0 Å². The van der Waals surface area contributed by atoms with E-state index < -0.39 is 0 Å². The first-order chi connectivity index (χ1) is 9.56. The molecule has 0 bridgehead atoms. The average Bonchev–Trinajstić information content (AvgIpc) is 3.06. The number of aliphatic hydroxyl groups is 1. The molecule has 1 aliphatic carbocycles. The van der Waals surface area contributed by atoms with Crippen LogP contribution in [0.2, 0.25) is 0 Å². The number of hydrogen-bond donors (Lipinski definition) is 1. The molecule has 2 heterocycles. The van der Waals surface area contributed by atoms with E-state index in [0.717, 1.165) is 12.8 Å². The van der Waals surface area contributed by atoms with Gasteiger partial charge in [0.15, 0.2) is 0 Å². The number of aliphatic hydroxyl groups excluding tert-OH is 1. The molecule has 1 N–H and O–H groups in total. The van der Waals surface area contributed by atoms with E-state index in [4.69, 9.17) is 0 Å². The molecule has 3 rings (SSSR count). The Morgan fingerprint density at radius 3 is 2.50 bits per heavy atom. The zero-order valence-electron chi connectivity index (χ0n) is 11.5. The first kappa shape index (κ1) is 13.5. The number of carbonyl (C=O) groups is 3. The molecule has 3 unspecified atom stereocenters. The third-order valence-electron chi connectivity index (χ3n) is 4.88. The standard InChI is InChI=1S/C14H20N2O4/c17-11-2-1-9-7-15(8-10(9)11)12(18)5-6-16-13(19)3-4-14(16)20/h9-11,17H,1-8H2. The predicted octanol–water partition coefficient (Wildman–Crippen LogP) is -0.245. The first-order valence-electron chi connectivity index (χ1n) is 7.35. The van der Waals surface area contributed by atoms with Gasteiger partial charge in [-0.15, -0.1) is 0 Å². The smallest absolute Gasteiger partial charge is 0.229 e. The zero-order chi connectivity index (χ0) is 14.3. The number of likely N-dealkylation sites (tertiary alicyclic amines) is 2. The van der Waals surface area contributed by atoms with E-state index in [-0.39, 0.29) is 55.6 Å². The van der Waals surface area contributed by atoms with Crippen molar-refractivity contribution in [3.63, 3.8) is 0 Å². The van der Waals surface area contributed by atoms with Gasteiger partial charge in [-0.25, -0.2) is 0 Å². The van der Waals surface area contributed by atoms with Crippen molar-refractivity contribution in [2.24, 2.45) is 11.8 Å². The van der Waals surface area contributed by atoms with Gasteiger partial charge in [-0.3, -0.25) is 19.3 Å². The van der Waals surface area contributed by atoms with Gasteiger partial charge in [0.1, 0.15) is 0 Å². The maximum absolute atomic E-state index is 12.1. The second-order valence-corrected chi connectivity index (χ2v) is 6.06. The molecule has 2 aliphatic heterocycles. The molecule has 3 fully saturated rings. The van der Waals surface area contributed by atoms with E-state index >= 15 is 0 Å². The Balaban J connectivity index is 1.51. The minimum absolute atomic E-state index is 0.0147. The molecule has 20 heavy (non-hydrogen) atoms. The summed E-state index contributed by atoms with van der Waals surface area (Å²) in [6, 6.07) is 0. The molecule has 0 aromatic carbocycles. The van der Waals surface area contributed by atoms with Gasteiger partial charge in [0.25, 0.3) is 0 Å². The Morgan fingerprint density at radius 1 is 1.15 bits per heavy atom. The number of imide groups is 1. The first-order valence-corrected chi connectivity index (χ1v) is 7.35. The Hall–Kier alpha value is -1.43. The number of rotatable bonds is 3. The van der Waals surface area contributed by atoms with Gasteiger partial charge in [0, 0.05) is 44.8 Å². The molecule has 1 saturated carbocycles. The molecule has 0 spiro atoms. The Bertz CT molecular complexity index is 434. The fourth-order valence-corrected chi connectivity index (χ4v) is 3.68. The minimum atomic E-state index is -0.278. The normalized spacial score (nSPS) is 33.1. The second-order valence-electron chi connectivity index (χ2n) is 6.06. The van der Waals surface area contributed by atoms with Crippen LogP contribution >= 0.6 is 0 Å². The number of fused-ring (bicyclic) bond motifs is 1. The average molecular weight is 280 g/mol. The predicted molar refractivity (Wildman–Crippen MR) is 69.4 cm³/mol. The highest BCUT2D eigenvalue weighted by atomic mass is 16.3. The van der Waals surface area contributed by atoms with Crippen LogP contribution in [-0.4, -0.2) is 58.4 Å². The lowest BCUT2D eigenvalue weighted by Crippen LogP contribution is -2.36. The molecule has 6 nitrogen and oxygen atoms in total. The largest absolute Gasteiger partial charge is 0.393 e. The molecule has 6 heteroatoms. The van der Waals surface area contributed by atoms with Crippen molar-refractivity contribution in [1.29, 1.82) is 0 Å². The maximum Gasteiger partial charge on any atom is 0.229 e. The van der Waals surface area contributed by atoms with E-state index in [9.17, 15) is 19.5 Å². The van der Waals surface area contributed by atoms with Crippen LogP contribution in [0.25, 0.3) is 0 Å². The summed E-state index contributed by atoms with van der Waals surface area (Å²) in [6.45, 7) is 1.53. The maximum atomic E-state index is 12.1. The van der Waals surface area contributed by atoms with Crippen molar-refractivity contribution >= 4 is 17.7 Å². The molecule has 3 amide bonds. The summed E-state index contributed by atoms with van der Waals surface area (Å²) in [5, 5.41) is 9.84. The van der Waals surface area contributed by atoms with Crippen LogP contribution in [0.1, 0.15) is 32.1 Å². The molecule has 0 aromatic heterocycles. The van der Waals surface area contributed by atoms with Crippen LogP contribution in [0.5, 0.6) is 0 Å². The van der Waals surface area contributed by atoms with Gasteiger partial charge >= 0.3 is 0 Å². The SMILES string of the molecule is O=C(CCN1C(=O)CCC1=O)N1CC2CCC(O)C2C1. The summed E-state index contributed by atoms with van der Waals surface area (Å²) in [7, 11) is 0. The molecular weight excluding hydrogens is 260 g/mol. The van der Waals surface area contributed by atoms with Crippen molar-refractivity contribution in [1.82, 2.24) is 9.80 Å². The summed E-state index contributed by atoms with van der Waals surface area (Å²) in [5.74, 6) is 0.283. The molecule has 3 atom stereocenters. The summed E-state index contributed by atoms with van der Waals surface area (Å²) in [4.78, 5) is 38.1. The molecule has 110 valence electrons. The summed E-state index contributed by atoms with van der Waals surface area (Å²) in [6.07, 6.45) is 2.29. The Kier molecular flexibility index (Phi) is 3.50. The van der Waals surface area contributed by atoms with Gasteiger partial charge in [-0.2, -0.15) is 0 Å². The second kappa shape index (κ2) is 5.16. The van der Waals surface area contributed by atoms with Crippen molar-refractivity contribution < 1.29 is 19.5 Å². The number of carbonyl (C=O) groups excluding carboxylic acids is 3. The third kappa shape index (κ3) is 2.32. The monoisotopic (exact) mass is 280 g/mol. The molecular formula is C14H20N2O4. The number of amides is 3. The highest BCUT2D eigenvalue weighted by molar-refractivity contribution is 6.02. The fourth-order valence-electron chi connectivity index (χ4n) is 3.68. The van der Waals surface area contributed by atoms with Crippen LogP contribution in [-0.2, 0) is 14.4 Å². The van der Waals surface area contributed by atoms with Crippen molar-refractivity contribution in [3.8, 4) is 0 Å². The zero-order valence-corrected chi connectivity index (χ0v) is 11.5. The van der Waals surface area contributed by atoms with Gasteiger partial charge < -0.3 is 10.0 Å². The van der Waals surface area contributed by atoms with Crippen LogP contribution in [0.15, 0.2) is 0 Å². The van der Waals surface area contributed by atoms with E-state index in [0.29, 0.717) is 19.0 Å². The van der Waals surface area contributed by atoms with Gasteiger partial charge in [0.2, 0.25) is 17.7 Å². The van der Waals surface area contributed by atoms with E-state index in [2.05, 4.69) is 0 Å². The lowest BCUT2D eigenvalue weighted by atomic mass is 10.00. The summed E-state index contributed by atoms with van der Waals surface area (Å²) < 4.78 is 0. The van der Waals surface area contributed by atoms with Gasteiger partial charge in [-0.05, 0) is 18.8 Å². The topological polar surface area (TPSA) is 77.9 Å². The van der Waals surface area contributed by atoms with E-state index in [1.165, 1.54) is 4.90 Å². The van der Waals surface area contributed by atoms with Crippen LogP contribution < -0.4 is 0 Å². The Labute approximate surface area is 117 Å². The van der Waals surface area contributed by atoms with Crippen molar-refractivity contribution in [3.05, 3.63) is 0 Å². The molecule has 0 radical (unpaired) electrons. The third-order valence-corrected chi connectivity index (χ3v) is 4.88. The van der Waals surface area contributed by atoms with Crippen LogP contribution in [0.3, 0.4) is 0 Å². The van der Waals surface area contributed by atoms with Crippen molar-refractivity contribution in [2.75, 3.05) is 19.6 Å². The number of hydrogen-bond acceptors (Lipinski definition) is 4. The number of nitrogens with zero attached hydrogens (tertiary/aromatic N) is 2. The van der Waals surface area contributed by atoms with Gasteiger partial charge in [-0.1, -0.05) is 0 Å². The summed E-state index contributed by atoms with van der Waals surface area (Å²) >= 11 is 0. The quantitative estimate of drug-likeness (QED) is 0.723. The lowest BCUT2D eigenvalue weighted by Gasteiger charge is -2.20.